The van der Waals surface area contributed by atoms with Crippen molar-refractivity contribution in [2.45, 2.75) is 128 Å². The van der Waals surface area contributed by atoms with Crippen LogP contribution in [0.5, 0.6) is 0 Å². The van der Waals surface area contributed by atoms with Gasteiger partial charge in [-0.25, -0.2) is 80.4 Å². The SMILES string of the molecule is CC1=CC(C)(S(=O)(=O)[O-])CC(C)(S(=O)(=O)[O-])C1c1cc2cc3ccc(cc4nc(cc5nc(cc1[nH]2)C=C5)C=C4)[nH]3.CC1=CC(C)(S(=O)(=O)[O-])CC(C)(S(=O)(=O)[O-])C1c1cc2cc3ccc(cc4nc(cc5nc(cc1[nH]2)C=C5)C=C4)[nH]3.CC1=CC(C)(S(=O)(=O)[O-])CC(C)(S(=O)(=O)[O-])C1c1cc2cc3ccc(cc4nc(cc5nc(cc1[nH]2)C=C5)C=C4)[nH]3.[Fe+3].[Fe+3]. The largest absolute Gasteiger partial charge is 3.00 e. The number of rotatable bonds is 9. The van der Waals surface area contributed by atoms with Crippen molar-refractivity contribution < 1.29 is 112 Å². The molecule has 38 heteroatoms. The van der Waals surface area contributed by atoms with Crippen LogP contribution in [0.25, 0.3) is 139 Å². The number of hydrogen-bond acceptors (Lipinski definition) is 24. The van der Waals surface area contributed by atoms with E-state index in [-0.39, 0.29) is 34.1 Å². The van der Waals surface area contributed by atoms with Crippen molar-refractivity contribution in [1.82, 2.24) is 59.8 Å². The van der Waals surface area contributed by atoms with Crippen LogP contribution >= 0.6 is 0 Å². The molecule has 0 saturated carbocycles. The molecular formula is C87H78Fe2N12O18S6. The van der Waals surface area contributed by atoms with E-state index in [0.717, 1.165) is 88.0 Å². The smallest absolute Gasteiger partial charge is 0.747 e. The second-order valence-corrected chi connectivity index (χ2v) is 44.5. The van der Waals surface area contributed by atoms with Crippen LogP contribution in [0.1, 0.15) is 184 Å². The normalized spacial score (nSPS) is 24.0. The average Bonchev–Trinajstić information content (AvgIpc) is 1.68. The number of H-pyrrole nitrogens is 6. The number of hydrogen-bond donors (Lipinski definition) is 6. The van der Waals surface area contributed by atoms with Crippen molar-refractivity contribution in [3.8, 4) is 0 Å². The van der Waals surface area contributed by atoms with Crippen LogP contribution in [0.3, 0.4) is 0 Å². The predicted molar refractivity (Wildman–Crippen MR) is 469 cm³/mol. The Hall–Kier alpha value is -10.5. The molecule has 0 amide bonds. The molecule has 2 radical (unpaired) electrons. The molecule has 646 valence electrons. The number of nitrogens with zero attached hydrogens (tertiary/aromatic N) is 6. The average molecular weight is 1880 g/mol. The number of nitrogens with one attached hydrogen (secondary N) is 6. The van der Waals surface area contributed by atoms with Crippen molar-refractivity contribution in [3.05, 3.63) is 247 Å². The van der Waals surface area contributed by atoms with Crippen LogP contribution in [0.4, 0.5) is 0 Å². The maximum absolute atomic E-state index is 12.8. The standard InChI is InChI=1S/3C29H28N4O6S2.2Fe/c3*1-17-15-28(2,40(34,35)36)16-29(3,41(37,38)39)27(17)25-13-24-12-22-7-6-20(31-22)10-18-4-5-19(30-18)11-21-8-9-23(32-21)14-26(25)33-24;;/h3*4-15,27,31,33H,16H2,1-3H3,(H,34,35,36)(H,37,38,39);;/q;;;2*+3/p-6. The summed E-state index contributed by atoms with van der Waals surface area (Å²) >= 11 is 0. The van der Waals surface area contributed by atoms with Crippen molar-refractivity contribution in [2.75, 3.05) is 0 Å². The zero-order valence-corrected chi connectivity index (χ0v) is 74.9. The minimum Gasteiger partial charge on any atom is -0.747 e. The topological polar surface area (TPSA) is 515 Å². The molecule has 6 N–H and O–H groups in total. The Morgan fingerprint density at radius 3 is 0.632 bits per heavy atom. The van der Waals surface area contributed by atoms with E-state index < -0.39 is 126 Å². The fourth-order valence-corrected chi connectivity index (χ4v) is 24.4. The van der Waals surface area contributed by atoms with Gasteiger partial charge in [0.05, 0.1) is 96.8 Å². The Labute approximate surface area is 740 Å². The molecular weight excluding hydrogens is 1810 g/mol. The molecule has 0 aromatic carbocycles. The fraction of sp³-hybridized carbons (Fsp3) is 0.241. The second kappa shape index (κ2) is 32.1. The molecule has 30 nitrogen and oxygen atoms in total. The summed E-state index contributed by atoms with van der Waals surface area (Å²) in [4.78, 5) is 47.7. The van der Waals surface area contributed by atoms with Crippen molar-refractivity contribution in [1.29, 1.82) is 0 Å². The van der Waals surface area contributed by atoms with E-state index in [1.54, 1.807) is 75.4 Å². The number of fused-ring (bicyclic) bond motifs is 24. The Balaban J connectivity index is 0.000000151. The first-order valence-electron chi connectivity index (χ1n) is 38.5. The summed E-state index contributed by atoms with van der Waals surface area (Å²) in [6, 6.07) is 38.6. The van der Waals surface area contributed by atoms with Crippen LogP contribution in [0.2, 0.25) is 0 Å². The number of allylic oxidation sites excluding steroid dienone is 3. The third-order valence-corrected chi connectivity index (χ3v) is 32.6. The third kappa shape index (κ3) is 17.6. The molecule has 9 aliphatic rings. The van der Waals surface area contributed by atoms with Gasteiger partial charge in [0.15, 0.2) is 0 Å². The minimum absolute atomic E-state index is 0. The predicted octanol–water partition coefficient (Wildman–Crippen LogP) is 14.1. The van der Waals surface area contributed by atoms with Gasteiger partial charge in [0, 0.05) is 84.0 Å². The van der Waals surface area contributed by atoms with E-state index in [2.05, 4.69) is 59.8 Å². The molecule has 6 aliphatic heterocycles. The fourth-order valence-electron chi connectivity index (χ4n) is 18.4. The molecule has 9 aromatic rings. The van der Waals surface area contributed by atoms with Crippen LogP contribution in [-0.4, -0.2) is 166 Å². The molecule has 9 unspecified atom stereocenters. The van der Waals surface area contributed by atoms with Crippen LogP contribution < -0.4 is 0 Å². The number of aromatic amines is 6. The van der Waals surface area contributed by atoms with Gasteiger partial charge in [-0.15, -0.1) is 0 Å². The van der Waals surface area contributed by atoms with Crippen molar-refractivity contribution in [2.24, 2.45) is 0 Å². The summed E-state index contributed by atoms with van der Waals surface area (Å²) in [5.74, 6) is -3.11. The molecule has 15 heterocycles. The van der Waals surface area contributed by atoms with Gasteiger partial charge in [0.25, 0.3) is 0 Å². The first kappa shape index (κ1) is 90.8. The van der Waals surface area contributed by atoms with E-state index in [1.165, 1.54) is 39.0 Å². The minimum atomic E-state index is -5.11. The van der Waals surface area contributed by atoms with Gasteiger partial charge in [0.1, 0.15) is 60.7 Å². The molecule has 18 rings (SSSR count). The summed E-state index contributed by atoms with van der Waals surface area (Å²) in [7, 11) is -30.3. The molecule has 0 saturated heterocycles. The second-order valence-electron chi connectivity index (χ2n) is 33.5. The molecule has 0 fully saturated rings. The van der Waals surface area contributed by atoms with Crippen molar-refractivity contribution >= 4 is 200 Å². The van der Waals surface area contributed by atoms with Gasteiger partial charge in [-0.1, -0.05) is 34.9 Å². The Morgan fingerprint density at radius 1 is 0.256 bits per heavy atom. The van der Waals surface area contributed by atoms with E-state index >= 15 is 0 Å². The maximum atomic E-state index is 12.8. The van der Waals surface area contributed by atoms with Crippen LogP contribution in [0.15, 0.2) is 162 Å². The van der Waals surface area contributed by atoms with E-state index in [1.807, 2.05) is 146 Å². The van der Waals surface area contributed by atoms with Gasteiger partial charge < -0.3 is 57.2 Å². The van der Waals surface area contributed by atoms with Crippen LogP contribution in [0, 0.1) is 0 Å². The summed E-state index contributed by atoms with van der Waals surface area (Å²) in [6.45, 7) is 11.8. The van der Waals surface area contributed by atoms with E-state index in [4.69, 9.17) is 0 Å². The summed E-state index contributed by atoms with van der Waals surface area (Å²) < 4.78 is 213. The Bertz CT molecular complexity index is 7000. The van der Waals surface area contributed by atoms with Gasteiger partial charge in [-0.05, 0) is 299 Å². The van der Waals surface area contributed by atoms with Crippen LogP contribution in [-0.2, 0) is 94.8 Å². The molecule has 0 spiro atoms. The quantitative estimate of drug-likeness (QED) is 0.0444. The van der Waals surface area contributed by atoms with Crippen molar-refractivity contribution in [3.63, 3.8) is 0 Å². The summed E-state index contributed by atoms with van der Waals surface area (Å²) in [5, 5.41) is 0. The first-order chi connectivity index (χ1) is 57.4. The summed E-state index contributed by atoms with van der Waals surface area (Å²) in [5.41, 5.74) is 18.7. The van der Waals surface area contributed by atoms with Gasteiger partial charge in [-0.3, -0.25) is 0 Å². The van der Waals surface area contributed by atoms with Gasteiger partial charge in [0.2, 0.25) is 0 Å². The molecule has 24 bridgehead atoms. The zero-order chi connectivity index (χ0) is 88.1. The van der Waals surface area contributed by atoms with Gasteiger partial charge >= 0.3 is 34.1 Å². The number of aromatic nitrogens is 12. The Morgan fingerprint density at radius 2 is 0.440 bits per heavy atom. The molecule has 125 heavy (non-hydrogen) atoms. The van der Waals surface area contributed by atoms with E-state index in [0.29, 0.717) is 101 Å². The molecule has 3 aliphatic carbocycles. The molecule has 9 atom stereocenters. The molecule has 9 aromatic heterocycles. The monoisotopic (exact) mass is 1880 g/mol. The third-order valence-electron chi connectivity index (χ3n) is 23.9. The maximum Gasteiger partial charge on any atom is 3.00 e. The summed E-state index contributed by atoms with van der Waals surface area (Å²) in [6.07, 6.45) is 24.1. The van der Waals surface area contributed by atoms with E-state index in [9.17, 15) is 77.8 Å². The first-order valence-corrected chi connectivity index (χ1v) is 46.9. The van der Waals surface area contributed by atoms with Gasteiger partial charge in [-0.2, -0.15) is 0 Å². The Kier molecular flexibility index (Phi) is 23.3. The zero-order valence-electron chi connectivity index (χ0n) is 67.8.